The van der Waals surface area contributed by atoms with E-state index in [2.05, 4.69) is 15.2 Å². The number of rotatable bonds is 1. The number of fused-ring (bicyclic) bond motifs is 1. The molecule has 0 aliphatic rings. The molecule has 0 spiro atoms. The van der Waals surface area contributed by atoms with Crippen molar-refractivity contribution >= 4 is 24.9 Å². The predicted octanol–water partition coefficient (Wildman–Crippen LogP) is 0.443. The van der Waals surface area contributed by atoms with Crippen LogP contribution in [-0.2, 0) is 0 Å². The molecule has 2 aromatic rings. The van der Waals surface area contributed by atoms with Gasteiger partial charge in [-0.3, -0.25) is 14.8 Å². The van der Waals surface area contributed by atoms with Crippen LogP contribution in [0.3, 0.4) is 0 Å². The highest BCUT2D eigenvalue weighted by Crippen LogP contribution is 2.10. The van der Waals surface area contributed by atoms with Crippen molar-refractivity contribution in [2.24, 2.45) is 0 Å². The summed E-state index contributed by atoms with van der Waals surface area (Å²) in [6.45, 7) is 0. The van der Waals surface area contributed by atoms with E-state index in [-0.39, 0.29) is 5.91 Å². The first-order chi connectivity index (χ1) is 6.81. The van der Waals surface area contributed by atoms with Crippen LogP contribution in [0.5, 0.6) is 0 Å². The van der Waals surface area contributed by atoms with Gasteiger partial charge in [0, 0.05) is 18.0 Å². The van der Waals surface area contributed by atoms with Gasteiger partial charge in [0.2, 0.25) is 13.9 Å². The molecule has 2 radical (unpaired) electrons. The maximum absolute atomic E-state index is 11.2. The molecule has 0 unspecified atom stereocenters. The van der Waals surface area contributed by atoms with E-state index in [1.54, 1.807) is 30.6 Å². The number of benzene rings is 1. The van der Waals surface area contributed by atoms with E-state index in [4.69, 9.17) is 7.98 Å². The second-order valence-electron chi connectivity index (χ2n) is 2.73. The van der Waals surface area contributed by atoms with Gasteiger partial charge in [0.25, 0.3) is 0 Å². The molecule has 0 saturated carbocycles. The number of carbonyl (C=O) groups is 1. The van der Waals surface area contributed by atoms with Crippen LogP contribution in [-0.4, -0.2) is 23.9 Å². The normalized spacial score (nSPS) is 10.0. The molecule has 1 heterocycles. The Hall–Kier alpha value is -1.91. The van der Waals surface area contributed by atoms with Crippen molar-refractivity contribution in [3.8, 4) is 0 Å². The van der Waals surface area contributed by atoms with Crippen LogP contribution in [0, 0.1) is 0 Å². The highest BCUT2D eigenvalue weighted by molar-refractivity contribution is 6.18. The molecule has 2 rings (SSSR count). The zero-order valence-electron chi connectivity index (χ0n) is 7.27. The van der Waals surface area contributed by atoms with Gasteiger partial charge in [-0.2, -0.15) is 0 Å². The fourth-order valence-electron chi connectivity index (χ4n) is 1.19. The average Bonchev–Trinajstić information content (AvgIpc) is 2.27. The largest absolute Gasteiger partial charge is 0.405 e. The number of nitrogens with one attached hydrogen (secondary N) is 1. The van der Waals surface area contributed by atoms with E-state index in [1.807, 2.05) is 0 Å². The molecule has 0 bridgehead atoms. The number of nitrogens with zero attached hydrogens (tertiary/aromatic N) is 2. The first kappa shape index (κ1) is 8.68. The minimum atomic E-state index is -0.336. The number of amides is 1. The summed E-state index contributed by atoms with van der Waals surface area (Å²) in [5, 5.41) is 2.06. The second-order valence-corrected chi connectivity index (χ2v) is 2.73. The van der Waals surface area contributed by atoms with Crippen LogP contribution in [0.2, 0.25) is 0 Å². The lowest BCUT2D eigenvalue weighted by Gasteiger charge is -2.00. The summed E-state index contributed by atoms with van der Waals surface area (Å²) in [5.41, 5.74) is 1.90. The molecular weight excluding hydrogens is 177 g/mol. The number of hydrogen-bond acceptors (Lipinski definition) is 3. The Morgan fingerprint density at radius 3 is 2.64 bits per heavy atom. The van der Waals surface area contributed by atoms with Crippen molar-refractivity contribution in [1.29, 1.82) is 0 Å². The summed E-state index contributed by atoms with van der Waals surface area (Å²) in [6.07, 6.45) is 3.18. The monoisotopic (exact) mass is 183 g/mol. The van der Waals surface area contributed by atoms with Crippen LogP contribution < -0.4 is 5.23 Å². The SMILES string of the molecule is [B]NC(=O)c1ccc2nccnc2c1. The van der Waals surface area contributed by atoms with Crippen molar-refractivity contribution in [2.45, 2.75) is 0 Å². The first-order valence-electron chi connectivity index (χ1n) is 4.03. The summed E-state index contributed by atoms with van der Waals surface area (Å²) >= 11 is 0. The van der Waals surface area contributed by atoms with Gasteiger partial charge in [0.05, 0.1) is 11.0 Å². The fourth-order valence-corrected chi connectivity index (χ4v) is 1.19. The van der Waals surface area contributed by atoms with Crippen LogP contribution in [0.1, 0.15) is 10.4 Å². The van der Waals surface area contributed by atoms with Gasteiger partial charge in [0.1, 0.15) is 0 Å². The molecule has 14 heavy (non-hydrogen) atoms. The van der Waals surface area contributed by atoms with Gasteiger partial charge < -0.3 is 5.23 Å². The summed E-state index contributed by atoms with van der Waals surface area (Å²) in [4.78, 5) is 19.3. The first-order valence-corrected chi connectivity index (χ1v) is 4.03. The molecule has 5 heteroatoms. The quantitative estimate of drug-likeness (QED) is 0.652. The second kappa shape index (κ2) is 3.45. The maximum atomic E-state index is 11.2. The van der Waals surface area contributed by atoms with Crippen molar-refractivity contribution in [2.75, 3.05) is 0 Å². The molecule has 66 valence electrons. The van der Waals surface area contributed by atoms with E-state index < -0.39 is 0 Å². The number of carbonyl (C=O) groups excluding carboxylic acids is 1. The molecule has 1 amide bonds. The van der Waals surface area contributed by atoms with Gasteiger partial charge in [-0.15, -0.1) is 0 Å². The molecule has 1 N–H and O–H groups in total. The van der Waals surface area contributed by atoms with Crippen LogP contribution in [0.15, 0.2) is 30.6 Å². The Bertz CT molecular complexity index is 486. The zero-order valence-corrected chi connectivity index (χ0v) is 7.27. The Labute approximate surface area is 81.8 Å². The third-order valence-electron chi connectivity index (χ3n) is 1.86. The zero-order chi connectivity index (χ0) is 9.97. The van der Waals surface area contributed by atoms with Crippen LogP contribution >= 0.6 is 0 Å². The van der Waals surface area contributed by atoms with Crippen molar-refractivity contribution in [1.82, 2.24) is 15.2 Å². The molecule has 0 atom stereocenters. The molecule has 0 saturated heterocycles. The highest BCUT2D eigenvalue weighted by Gasteiger charge is 2.03. The third kappa shape index (κ3) is 1.44. The molecule has 0 aliphatic carbocycles. The van der Waals surface area contributed by atoms with Crippen LogP contribution in [0.25, 0.3) is 11.0 Å². The maximum Gasteiger partial charge on any atom is 0.238 e. The lowest BCUT2D eigenvalue weighted by molar-refractivity contribution is 0.0981. The summed E-state index contributed by atoms with van der Waals surface area (Å²) < 4.78 is 0. The van der Waals surface area contributed by atoms with Gasteiger partial charge in [-0.1, -0.05) is 0 Å². The van der Waals surface area contributed by atoms with E-state index in [0.29, 0.717) is 11.1 Å². The van der Waals surface area contributed by atoms with E-state index in [1.165, 1.54) is 0 Å². The number of aromatic nitrogens is 2. The Morgan fingerprint density at radius 1 is 1.21 bits per heavy atom. The average molecular weight is 183 g/mol. The van der Waals surface area contributed by atoms with Gasteiger partial charge >= 0.3 is 0 Å². The molecule has 0 aliphatic heterocycles. The van der Waals surface area contributed by atoms with Crippen molar-refractivity contribution in [3.63, 3.8) is 0 Å². The Kier molecular flexibility index (Phi) is 2.14. The predicted molar refractivity (Wildman–Crippen MR) is 52.8 cm³/mol. The summed E-state index contributed by atoms with van der Waals surface area (Å²) in [6, 6.07) is 5.02. The Morgan fingerprint density at radius 2 is 1.93 bits per heavy atom. The van der Waals surface area contributed by atoms with E-state index in [9.17, 15) is 4.79 Å². The van der Waals surface area contributed by atoms with Crippen LogP contribution in [0.4, 0.5) is 0 Å². The molecule has 4 nitrogen and oxygen atoms in total. The van der Waals surface area contributed by atoms with Crippen molar-refractivity contribution in [3.05, 3.63) is 36.2 Å². The molecule has 0 fully saturated rings. The molecular formula is C9H6BN3O. The minimum Gasteiger partial charge on any atom is -0.405 e. The van der Waals surface area contributed by atoms with E-state index >= 15 is 0 Å². The summed E-state index contributed by atoms with van der Waals surface area (Å²) in [7, 11) is 5.01. The smallest absolute Gasteiger partial charge is 0.238 e. The van der Waals surface area contributed by atoms with E-state index in [0.717, 1.165) is 5.52 Å². The van der Waals surface area contributed by atoms with Crippen molar-refractivity contribution < 1.29 is 4.79 Å². The lowest BCUT2D eigenvalue weighted by atomic mass is 10.1. The lowest BCUT2D eigenvalue weighted by Crippen LogP contribution is -2.19. The molecule has 1 aromatic carbocycles. The topological polar surface area (TPSA) is 54.9 Å². The minimum absolute atomic E-state index is 0.336. The Balaban J connectivity index is 2.56. The fraction of sp³-hybridized carbons (Fsp3) is 0. The number of hydrogen-bond donors (Lipinski definition) is 1. The standard InChI is InChI=1S/C9H6BN3O/c10-13-9(14)6-1-2-7-8(5-6)12-4-3-11-7/h1-5H,(H,13,14). The van der Waals surface area contributed by atoms with Gasteiger partial charge in [-0.25, -0.2) is 0 Å². The van der Waals surface area contributed by atoms with Gasteiger partial charge in [-0.05, 0) is 18.2 Å². The molecule has 1 aromatic heterocycles. The summed E-state index contributed by atoms with van der Waals surface area (Å²) in [5.74, 6) is -0.336. The highest BCUT2D eigenvalue weighted by atomic mass is 16.1. The van der Waals surface area contributed by atoms with Gasteiger partial charge in [0.15, 0.2) is 0 Å². The third-order valence-corrected chi connectivity index (χ3v) is 1.86.